The van der Waals surface area contributed by atoms with Crippen LogP contribution in [0.4, 0.5) is 4.39 Å². The maximum Gasteiger partial charge on any atom is 0.269 e. The normalized spacial score (nSPS) is 17.9. The molecule has 1 aliphatic heterocycles. The lowest BCUT2D eigenvalue weighted by molar-refractivity contribution is -0.169. The average Bonchev–Trinajstić information content (AvgIpc) is 3.00. The van der Waals surface area contributed by atoms with Crippen LogP contribution in [0.15, 0.2) is 47.5 Å². The predicted octanol–water partition coefficient (Wildman–Crippen LogP) is 4.06. The fourth-order valence-electron chi connectivity index (χ4n) is 3.22. The van der Waals surface area contributed by atoms with Crippen molar-refractivity contribution < 1.29 is 22.3 Å². The SMILES string of the molecule is O=S(=O)(c1ccccc1)n1c(COC2CCCCO2)c(I)c2cc(F)cnc21. The first-order valence-electron chi connectivity index (χ1n) is 8.86. The van der Waals surface area contributed by atoms with E-state index in [1.54, 1.807) is 18.2 Å². The monoisotopic (exact) mass is 516 g/mol. The predicted molar refractivity (Wildman–Crippen MR) is 110 cm³/mol. The molecule has 3 aromatic rings. The molecule has 0 amide bonds. The molecule has 0 saturated carbocycles. The van der Waals surface area contributed by atoms with Gasteiger partial charge >= 0.3 is 0 Å². The number of ether oxygens (including phenoxy) is 2. The molecule has 1 atom stereocenters. The Morgan fingerprint density at radius 3 is 2.79 bits per heavy atom. The third-order valence-corrected chi connectivity index (χ3v) is 7.53. The Bertz CT molecular complexity index is 1100. The number of halogens is 2. The smallest absolute Gasteiger partial charge is 0.269 e. The second-order valence-corrected chi connectivity index (χ2v) is 9.34. The molecule has 1 fully saturated rings. The highest BCUT2D eigenvalue weighted by molar-refractivity contribution is 14.1. The standard InChI is InChI=1S/C19H18FIN2O4S/c20-13-10-15-18(21)16(12-27-17-8-4-5-9-26-17)23(19(15)22-11-13)28(24,25)14-6-2-1-3-7-14/h1-3,6-7,10-11,17H,4-5,8-9,12H2. The fourth-order valence-corrected chi connectivity index (χ4v) is 5.70. The zero-order chi connectivity index (χ0) is 19.7. The van der Waals surface area contributed by atoms with Gasteiger partial charge in [0, 0.05) is 15.6 Å². The van der Waals surface area contributed by atoms with Crippen molar-refractivity contribution in [1.82, 2.24) is 8.96 Å². The van der Waals surface area contributed by atoms with Gasteiger partial charge in [0.2, 0.25) is 0 Å². The summed E-state index contributed by atoms with van der Waals surface area (Å²) in [7, 11) is -3.94. The Kier molecular flexibility index (Phi) is 5.68. The van der Waals surface area contributed by atoms with Crippen LogP contribution < -0.4 is 0 Å². The van der Waals surface area contributed by atoms with Crippen LogP contribution in [0, 0.1) is 9.39 Å². The molecule has 6 nitrogen and oxygen atoms in total. The van der Waals surface area contributed by atoms with Crippen molar-refractivity contribution >= 4 is 43.6 Å². The summed E-state index contributed by atoms with van der Waals surface area (Å²) >= 11 is 2.02. The van der Waals surface area contributed by atoms with E-state index < -0.39 is 15.8 Å². The second kappa shape index (κ2) is 8.05. The Morgan fingerprint density at radius 2 is 2.07 bits per heavy atom. The van der Waals surface area contributed by atoms with Gasteiger partial charge in [0.25, 0.3) is 10.0 Å². The van der Waals surface area contributed by atoms with Crippen molar-refractivity contribution in [2.45, 2.75) is 37.1 Å². The summed E-state index contributed by atoms with van der Waals surface area (Å²) in [6, 6.07) is 9.39. The van der Waals surface area contributed by atoms with Gasteiger partial charge in [-0.1, -0.05) is 18.2 Å². The first-order valence-corrected chi connectivity index (χ1v) is 11.4. The molecule has 0 radical (unpaired) electrons. The quantitative estimate of drug-likeness (QED) is 0.479. The number of hydrogen-bond acceptors (Lipinski definition) is 5. The molecule has 0 spiro atoms. The van der Waals surface area contributed by atoms with Gasteiger partial charge in [-0.25, -0.2) is 21.8 Å². The number of benzene rings is 1. The summed E-state index contributed by atoms with van der Waals surface area (Å²) in [6.07, 6.45) is 3.39. The van der Waals surface area contributed by atoms with Crippen LogP contribution in [0.25, 0.3) is 11.0 Å². The Labute approximate surface area is 175 Å². The van der Waals surface area contributed by atoms with Crippen molar-refractivity contribution in [3.63, 3.8) is 0 Å². The minimum atomic E-state index is -3.94. The first kappa shape index (κ1) is 19.7. The van der Waals surface area contributed by atoms with Crippen LogP contribution in [0.1, 0.15) is 25.0 Å². The van der Waals surface area contributed by atoms with Crippen LogP contribution in [-0.2, 0) is 26.1 Å². The topological polar surface area (TPSA) is 70.4 Å². The fraction of sp³-hybridized carbons (Fsp3) is 0.316. The lowest BCUT2D eigenvalue weighted by Crippen LogP contribution is -2.24. The van der Waals surface area contributed by atoms with E-state index in [9.17, 15) is 12.8 Å². The summed E-state index contributed by atoms with van der Waals surface area (Å²) in [5.74, 6) is -0.525. The maximum absolute atomic E-state index is 13.8. The summed E-state index contributed by atoms with van der Waals surface area (Å²) in [4.78, 5) is 4.20. The van der Waals surface area contributed by atoms with Crippen LogP contribution in [-0.4, -0.2) is 30.3 Å². The van der Waals surface area contributed by atoms with Crippen molar-refractivity contribution in [1.29, 1.82) is 0 Å². The minimum Gasteiger partial charge on any atom is -0.353 e. The molecule has 148 valence electrons. The molecule has 4 rings (SSSR count). The number of nitrogens with zero attached hydrogens (tertiary/aromatic N) is 2. The van der Waals surface area contributed by atoms with Crippen LogP contribution in [0.5, 0.6) is 0 Å². The van der Waals surface area contributed by atoms with Gasteiger partial charge in [0.1, 0.15) is 5.82 Å². The Hall–Kier alpha value is -1.56. The molecule has 28 heavy (non-hydrogen) atoms. The van der Waals surface area contributed by atoms with Crippen molar-refractivity contribution in [3.05, 3.63) is 57.7 Å². The van der Waals surface area contributed by atoms with Gasteiger partial charge in [0.05, 0.1) is 23.4 Å². The molecule has 1 aliphatic rings. The Morgan fingerprint density at radius 1 is 1.29 bits per heavy atom. The molecule has 1 unspecified atom stereocenters. The van der Waals surface area contributed by atoms with Crippen molar-refractivity contribution in [2.24, 2.45) is 0 Å². The largest absolute Gasteiger partial charge is 0.353 e. The highest BCUT2D eigenvalue weighted by Gasteiger charge is 2.28. The third-order valence-electron chi connectivity index (χ3n) is 4.59. The average molecular weight is 516 g/mol. The summed E-state index contributed by atoms with van der Waals surface area (Å²) in [5, 5.41) is 0.434. The van der Waals surface area contributed by atoms with E-state index in [0.717, 1.165) is 29.4 Å². The zero-order valence-corrected chi connectivity index (χ0v) is 17.8. The molecule has 0 aliphatic carbocycles. The molecule has 0 N–H and O–H groups in total. The summed E-state index contributed by atoms with van der Waals surface area (Å²) in [6.45, 7) is 0.646. The zero-order valence-electron chi connectivity index (χ0n) is 14.8. The van der Waals surface area contributed by atoms with Crippen LogP contribution >= 0.6 is 22.6 Å². The molecule has 2 aromatic heterocycles. The number of pyridine rings is 1. The first-order chi connectivity index (χ1) is 13.5. The molecule has 0 bridgehead atoms. The van der Waals surface area contributed by atoms with Gasteiger partial charge in [-0.05, 0) is 60.1 Å². The number of rotatable bonds is 5. The van der Waals surface area contributed by atoms with Gasteiger partial charge in [-0.15, -0.1) is 0 Å². The maximum atomic E-state index is 13.8. The van der Waals surface area contributed by atoms with E-state index in [1.807, 2.05) is 22.6 Å². The summed E-state index contributed by atoms with van der Waals surface area (Å²) < 4.78 is 53.7. The van der Waals surface area contributed by atoms with Gasteiger partial charge in [-0.3, -0.25) is 0 Å². The minimum absolute atomic E-state index is 0.0208. The third kappa shape index (κ3) is 3.68. The number of fused-ring (bicyclic) bond motifs is 1. The van der Waals surface area contributed by atoms with Gasteiger partial charge < -0.3 is 9.47 Å². The second-order valence-electron chi connectivity index (χ2n) is 6.48. The molecular weight excluding hydrogens is 498 g/mol. The van der Waals surface area contributed by atoms with Crippen LogP contribution in [0.2, 0.25) is 0 Å². The van der Waals surface area contributed by atoms with E-state index in [-0.39, 0.29) is 23.4 Å². The van der Waals surface area contributed by atoms with E-state index in [4.69, 9.17) is 9.47 Å². The lowest BCUT2D eigenvalue weighted by atomic mass is 10.2. The van der Waals surface area contributed by atoms with Gasteiger partial charge in [0.15, 0.2) is 11.9 Å². The van der Waals surface area contributed by atoms with E-state index in [0.29, 0.717) is 21.3 Å². The van der Waals surface area contributed by atoms with E-state index in [1.165, 1.54) is 18.2 Å². The molecule has 1 aromatic carbocycles. The molecular formula is C19H18FIN2O4S. The van der Waals surface area contributed by atoms with E-state index in [2.05, 4.69) is 4.98 Å². The highest BCUT2D eigenvalue weighted by Crippen LogP contribution is 2.32. The van der Waals surface area contributed by atoms with Crippen LogP contribution in [0.3, 0.4) is 0 Å². The van der Waals surface area contributed by atoms with Crippen molar-refractivity contribution in [3.8, 4) is 0 Å². The lowest BCUT2D eigenvalue weighted by Gasteiger charge is -2.23. The highest BCUT2D eigenvalue weighted by atomic mass is 127. The molecule has 1 saturated heterocycles. The number of aromatic nitrogens is 2. The number of hydrogen-bond donors (Lipinski definition) is 0. The summed E-state index contributed by atoms with van der Waals surface area (Å²) in [5.41, 5.74) is 0.588. The van der Waals surface area contributed by atoms with E-state index >= 15 is 0 Å². The van der Waals surface area contributed by atoms with Gasteiger partial charge in [-0.2, -0.15) is 0 Å². The van der Waals surface area contributed by atoms with Crippen molar-refractivity contribution in [2.75, 3.05) is 6.61 Å². The molecule has 3 heterocycles. The Balaban J connectivity index is 1.83. The molecule has 9 heteroatoms.